The van der Waals surface area contributed by atoms with Gasteiger partial charge in [0.05, 0.1) is 23.0 Å². The van der Waals surface area contributed by atoms with Gasteiger partial charge in [0.1, 0.15) is 18.1 Å². The van der Waals surface area contributed by atoms with Crippen molar-refractivity contribution in [1.82, 2.24) is 14.8 Å². The normalized spacial score (nSPS) is 14.3. The van der Waals surface area contributed by atoms with Gasteiger partial charge in [-0.1, -0.05) is 36.4 Å². The summed E-state index contributed by atoms with van der Waals surface area (Å²) in [5, 5.41) is 5.82. The predicted octanol–water partition coefficient (Wildman–Crippen LogP) is 7.04. The number of aromatic nitrogens is 1. The van der Waals surface area contributed by atoms with E-state index in [9.17, 15) is 0 Å². The van der Waals surface area contributed by atoms with Gasteiger partial charge in [-0.3, -0.25) is 9.88 Å². The largest absolute Gasteiger partial charge is 0.497 e. The van der Waals surface area contributed by atoms with Crippen molar-refractivity contribution >= 4 is 32.9 Å². The number of pyridine rings is 1. The molecule has 204 valence electrons. The Labute approximate surface area is 239 Å². The summed E-state index contributed by atoms with van der Waals surface area (Å²) in [4.78, 5) is 9.72. The lowest BCUT2D eigenvalue weighted by atomic mass is 10.0. The number of anilines is 2. The topological polar surface area (TPSA) is 49.9 Å². The molecule has 2 aromatic heterocycles. The first-order valence-electron chi connectivity index (χ1n) is 13.6. The number of hydrogen-bond acceptors (Lipinski definition) is 7. The van der Waals surface area contributed by atoms with Crippen LogP contribution in [0.4, 0.5) is 11.4 Å². The average Bonchev–Trinajstić information content (AvgIpc) is 3.48. The lowest BCUT2D eigenvalue weighted by Crippen LogP contribution is -2.43. The Kier molecular flexibility index (Phi) is 7.95. The van der Waals surface area contributed by atoms with E-state index in [4.69, 9.17) is 14.5 Å². The molecule has 40 heavy (non-hydrogen) atoms. The van der Waals surface area contributed by atoms with Crippen molar-refractivity contribution in [3.05, 3.63) is 102 Å². The van der Waals surface area contributed by atoms with E-state index in [2.05, 4.69) is 70.0 Å². The van der Waals surface area contributed by atoms with E-state index in [1.54, 1.807) is 18.4 Å². The number of benzene rings is 3. The van der Waals surface area contributed by atoms with Gasteiger partial charge in [-0.2, -0.15) is 0 Å². The highest BCUT2D eigenvalue weighted by Crippen LogP contribution is 2.39. The van der Waals surface area contributed by atoms with E-state index in [0.29, 0.717) is 6.61 Å². The van der Waals surface area contributed by atoms with Crippen LogP contribution in [0.5, 0.6) is 11.5 Å². The lowest BCUT2D eigenvalue weighted by molar-refractivity contribution is 0.148. The van der Waals surface area contributed by atoms with Gasteiger partial charge in [-0.15, -0.1) is 11.3 Å². The molecule has 0 spiro atoms. The zero-order valence-electron chi connectivity index (χ0n) is 23.0. The van der Waals surface area contributed by atoms with Crippen molar-refractivity contribution in [3.63, 3.8) is 0 Å². The van der Waals surface area contributed by atoms with Gasteiger partial charge < -0.3 is 19.7 Å². The third kappa shape index (κ3) is 6.12. The van der Waals surface area contributed by atoms with E-state index in [-0.39, 0.29) is 0 Å². The molecular formula is C33H34N4O2S. The third-order valence-corrected chi connectivity index (χ3v) is 8.30. The molecule has 0 amide bonds. The highest BCUT2D eigenvalue weighted by molar-refractivity contribution is 7.17. The second-order valence-electron chi connectivity index (χ2n) is 10.3. The predicted molar refractivity (Wildman–Crippen MR) is 165 cm³/mol. The average molecular weight is 551 g/mol. The minimum Gasteiger partial charge on any atom is -0.497 e. The van der Waals surface area contributed by atoms with Crippen LogP contribution in [-0.4, -0.2) is 55.1 Å². The first-order valence-corrected chi connectivity index (χ1v) is 14.5. The van der Waals surface area contributed by atoms with Crippen LogP contribution in [0, 0.1) is 0 Å². The van der Waals surface area contributed by atoms with Crippen molar-refractivity contribution in [1.29, 1.82) is 0 Å². The van der Waals surface area contributed by atoms with Crippen molar-refractivity contribution in [3.8, 4) is 22.6 Å². The monoisotopic (exact) mass is 550 g/mol. The van der Waals surface area contributed by atoms with Crippen LogP contribution in [0.25, 0.3) is 21.3 Å². The quantitative estimate of drug-likeness (QED) is 0.212. The number of methoxy groups -OCH3 is 1. The molecule has 0 atom stereocenters. The second kappa shape index (κ2) is 12.1. The summed E-state index contributed by atoms with van der Waals surface area (Å²) in [5.74, 6) is 1.65. The maximum atomic E-state index is 6.13. The fourth-order valence-electron chi connectivity index (χ4n) is 5.05. The molecule has 1 N–H and O–H groups in total. The van der Waals surface area contributed by atoms with E-state index in [0.717, 1.165) is 76.9 Å². The molecule has 1 aliphatic heterocycles. The summed E-state index contributed by atoms with van der Waals surface area (Å²) in [6, 6.07) is 27.1. The Morgan fingerprint density at radius 1 is 0.875 bits per heavy atom. The van der Waals surface area contributed by atoms with Gasteiger partial charge in [0.15, 0.2) is 0 Å². The molecule has 1 fully saturated rings. The Hall–Kier alpha value is -3.91. The van der Waals surface area contributed by atoms with Crippen molar-refractivity contribution < 1.29 is 9.47 Å². The third-order valence-electron chi connectivity index (χ3n) is 7.38. The zero-order chi connectivity index (χ0) is 27.3. The number of rotatable bonds is 9. The van der Waals surface area contributed by atoms with E-state index >= 15 is 0 Å². The Bertz CT molecular complexity index is 1580. The Morgan fingerprint density at radius 3 is 2.52 bits per heavy atom. The number of nitrogens with zero attached hydrogens (tertiary/aromatic N) is 3. The van der Waals surface area contributed by atoms with Gasteiger partial charge in [0.2, 0.25) is 0 Å². The van der Waals surface area contributed by atoms with Gasteiger partial charge >= 0.3 is 0 Å². The fourth-order valence-corrected chi connectivity index (χ4v) is 5.91. The van der Waals surface area contributed by atoms with Gasteiger partial charge in [-0.25, -0.2) is 0 Å². The van der Waals surface area contributed by atoms with Crippen LogP contribution in [0.1, 0.15) is 11.1 Å². The van der Waals surface area contributed by atoms with Crippen molar-refractivity contribution in [2.75, 3.05) is 45.7 Å². The molecule has 3 aromatic carbocycles. The van der Waals surface area contributed by atoms with Crippen LogP contribution < -0.4 is 14.8 Å². The summed E-state index contributed by atoms with van der Waals surface area (Å²) in [5.41, 5.74) is 7.73. The summed E-state index contributed by atoms with van der Waals surface area (Å²) in [7, 11) is 3.87. The molecule has 1 aliphatic rings. The van der Waals surface area contributed by atoms with E-state index < -0.39 is 0 Å². The molecule has 6 nitrogen and oxygen atoms in total. The molecule has 3 heterocycles. The molecule has 1 saturated heterocycles. The van der Waals surface area contributed by atoms with Crippen LogP contribution in [0.3, 0.4) is 0 Å². The highest BCUT2D eigenvalue weighted by Gasteiger charge is 2.16. The zero-order valence-corrected chi connectivity index (χ0v) is 23.8. The SMILES string of the molecule is COc1ccc(COc2cccc(Nc3c(-c4cccc(CN5CCN(C)CC5)c4)cnc4ccsc34)c2)cc1. The lowest BCUT2D eigenvalue weighted by Gasteiger charge is -2.32. The van der Waals surface area contributed by atoms with Crippen LogP contribution in [0.2, 0.25) is 0 Å². The molecule has 7 heteroatoms. The highest BCUT2D eigenvalue weighted by atomic mass is 32.1. The van der Waals surface area contributed by atoms with Crippen LogP contribution in [0.15, 0.2) is 90.4 Å². The number of piperazine rings is 1. The van der Waals surface area contributed by atoms with E-state index in [1.807, 2.05) is 42.6 Å². The number of nitrogens with one attached hydrogen (secondary N) is 1. The number of thiophene rings is 1. The molecule has 0 aliphatic carbocycles. The summed E-state index contributed by atoms with van der Waals surface area (Å²) in [6.07, 6.45) is 2.00. The Balaban J connectivity index is 1.24. The number of ether oxygens (including phenoxy) is 2. The maximum Gasteiger partial charge on any atom is 0.121 e. The fraction of sp³-hybridized carbons (Fsp3) is 0.242. The minimum atomic E-state index is 0.489. The molecule has 0 saturated carbocycles. The van der Waals surface area contributed by atoms with Crippen molar-refractivity contribution in [2.45, 2.75) is 13.2 Å². The minimum absolute atomic E-state index is 0.489. The number of likely N-dealkylation sites (N-methyl/N-ethyl adjacent to an activating group) is 1. The smallest absolute Gasteiger partial charge is 0.121 e. The molecule has 0 radical (unpaired) electrons. The van der Waals surface area contributed by atoms with Gasteiger partial charge in [0, 0.05) is 56.2 Å². The van der Waals surface area contributed by atoms with E-state index in [1.165, 1.54) is 11.1 Å². The van der Waals surface area contributed by atoms with Crippen LogP contribution in [-0.2, 0) is 13.2 Å². The molecule has 6 rings (SSSR count). The second-order valence-corrected chi connectivity index (χ2v) is 11.2. The van der Waals surface area contributed by atoms with Crippen molar-refractivity contribution in [2.24, 2.45) is 0 Å². The van der Waals surface area contributed by atoms with Gasteiger partial charge in [-0.05, 0) is 65.5 Å². The summed E-state index contributed by atoms with van der Waals surface area (Å²) < 4.78 is 12.5. The molecule has 5 aromatic rings. The maximum absolute atomic E-state index is 6.13. The first-order chi connectivity index (χ1) is 19.6. The summed E-state index contributed by atoms with van der Waals surface area (Å²) >= 11 is 1.71. The molecule has 0 bridgehead atoms. The Morgan fingerprint density at radius 2 is 1.70 bits per heavy atom. The first kappa shape index (κ1) is 26.3. The molecule has 0 unspecified atom stereocenters. The standard InChI is InChI=1S/C33H34N4O2S/c1-36-14-16-37(17-15-36)22-25-5-3-6-26(19-25)30-21-34-31-13-18-40-33(31)32(30)35-27-7-4-8-29(20-27)39-23-24-9-11-28(38-2)12-10-24/h3-13,18-21H,14-17,22-23H2,1-2H3,(H,34,35). The summed E-state index contributed by atoms with van der Waals surface area (Å²) in [6.45, 7) is 5.90. The van der Waals surface area contributed by atoms with Gasteiger partial charge in [0.25, 0.3) is 0 Å². The number of fused-ring (bicyclic) bond motifs is 1. The number of hydrogen-bond donors (Lipinski definition) is 1. The molecular weight excluding hydrogens is 516 g/mol. The van der Waals surface area contributed by atoms with Crippen LogP contribution >= 0.6 is 11.3 Å².